The third-order valence-corrected chi connectivity index (χ3v) is 2.64. The first-order valence-corrected chi connectivity index (χ1v) is 5.14. The molecule has 0 aromatic heterocycles. The Bertz CT molecular complexity index is 217. The second-order valence-corrected chi connectivity index (χ2v) is 5.29. The van der Waals surface area contributed by atoms with Crippen molar-refractivity contribution in [3.8, 4) is 0 Å². The molecule has 0 aromatic rings. The average molecular weight is 218 g/mol. The fraction of sp³-hybridized carbons (Fsp3) is 0.909. The van der Waals surface area contributed by atoms with Crippen LogP contribution in [-0.4, -0.2) is 22.9 Å². The van der Waals surface area contributed by atoms with Crippen LogP contribution in [0.15, 0.2) is 0 Å². The minimum atomic E-state index is -0.932. The normalized spacial score (nSPS) is 16.3. The summed E-state index contributed by atoms with van der Waals surface area (Å²) in [7, 11) is 0. The zero-order chi connectivity index (χ0) is 12.3. The summed E-state index contributed by atoms with van der Waals surface area (Å²) < 4.78 is 5.01. The van der Waals surface area contributed by atoms with Crippen LogP contribution in [0.5, 0.6) is 0 Å². The van der Waals surface area contributed by atoms with E-state index in [1.807, 2.05) is 20.8 Å². The van der Waals surface area contributed by atoms with E-state index in [1.54, 1.807) is 20.8 Å². The number of hydrogen-bond donors (Lipinski definition) is 1. The SMILES string of the molecule is CC(C)OC(=O)CC(C)(OO)C(C)(C)C. The van der Waals surface area contributed by atoms with Gasteiger partial charge in [0.25, 0.3) is 0 Å². The number of rotatable bonds is 4. The van der Waals surface area contributed by atoms with Crippen molar-refractivity contribution in [1.29, 1.82) is 0 Å². The van der Waals surface area contributed by atoms with E-state index in [0.717, 1.165) is 0 Å². The molecule has 0 aromatic carbocycles. The molecule has 0 aliphatic rings. The van der Waals surface area contributed by atoms with E-state index in [9.17, 15) is 4.79 Å². The molecule has 1 atom stereocenters. The van der Waals surface area contributed by atoms with Gasteiger partial charge in [-0.25, -0.2) is 4.89 Å². The molecule has 0 amide bonds. The molecule has 4 nitrogen and oxygen atoms in total. The Hall–Kier alpha value is -0.610. The number of esters is 1. The van der Waals surface area contributed by atoms with Gasteiger partial charge in [-0.1, -0.05) is 20.8 Å². The van der Waals surface area contributed by atoms with Crippen LogP contribution in [0.1, 0.15) is 48.0 Å². The van der Waals surface area contributed by atoms with Crippen LogP contribution in [0, 0.1) is 5.41 Å². The number of ether oxygens (including phenoxy) is 1. The summed E-state index contributed by atoms with van der Waals surface area (Å²) in [5.41, 5.74) is -1.28. The van der Waals surface area contributed by atoms with Crippen molar-refractivity contribution in [3.05, 3.63) is 0 Å². The fourth-order valence-electron chi connectivity index (χ4n) is 1.01. The Morgan fingerprint density at radius 2 is 1.73 bits per heavy atom. The Balaban J connectivity index is 4.52. The first kappa shape index (κ1) is 14.4. The molecule has 4 heteroatoms. The zero-order valence-corrected chi connectivity index (χ0v) is 10.5. The summed E-state index contributed by atoms with van der Waals surface area (Å²) in [5, 5.41) is 8.90. The van der Waals surface area contributed by atoms with Gasteiger partial charge in [-0.15, -0.1) is 0 Å². The van der Waals surface area contributed by atoms with Crippen LogP contribution in [-0.2, 0) is 14.4 Å². The van der Waals surface area contributed by atoms with Gasteiger partial charge in [0.05, 0.1) is 12.5 Å². The lowest BCUT2D eigenvalue weighted by atomic mass is 9.76. The molecule has 0 spiro atoms. The maximum absolute atomic E-state index is 11.5. The van der Waals surface area contributed by atoms with Crippen LogP contribution in [0.3, 0.4) is 0 Å². The molecule has 0 fully saturated rings. The summed E-state index contributed by atoms with van der Waals surface area (Å²) in [6.45, 7) is 10.9. The topological polar surface area (TPSA) is 55.8 Å². The predicted molar refractivity (Wildman–Crippen MR) is 57.4 cm³/mol. The summed E-state index contributed by atoms with van der Waals surface area (Å²) in [6.07, 6.45) is -0.119. The van der Waals surface area contributed by atoms with E-state index >= 15 is 0 Å². The third kappa shape index (κ3) is 4.18. The van der Waals surface area contributed by atoms with Crippen LogP contribution < -0.4 is 0 Å². The first-order chi connectivity index (χ1) is 6.62. The lowest BCUT2D eigenvalue weighted by molar-refractivity contribution is -0.344. The van der Waals surface area contributed by atoms with Gasteiger partial charge in [-0.05, 0) is 26.2 Å². The second kappa shape index (κ2) is 4.94. The van der Waals surface area contributed by atoms with Gasteiger partial charge in [0, 0.05) is 0 Å². The highest BCUT2D eigenvalue weighted by Crippen LogP contribution is 2.36. The van der Waals surface area contributed by atoms with E-state index < -0.39 is 5.60 Å². The Labute approximate surface area is 91.5 Å². The van der Waals surface area contributed by atoms with Gasteiger partial charge in [0.2, 0.25) is 0 Å². The van der Waals surface area contributed by atoms with Gasteiger partial charge in [0.1, 0.15) is 5.60 Å². The zero-order valence-electron chi connectivity index (χ0n) is 10.5. The molecule has 0 aliphatic heterocycles. The number of carbonyl (C=O) groups is 1. The molecule has 0 aliphatic carbocycles. The van der Waals surface area contributed by atoms with Crippen molar-refractivity contribution in [2.24, 2.45) is 5.41 Å². The monoisotopic (exact) mass is 218 g/mol. The van der Waals surface area contributed by atoms with Crippen molar-refractivity contribution in [1.82, 2.24) is 0 Å². The molecule has 0 rings (SSSR count). The lowest BCUT2D eigenvalue weighted by Gasteiger charge is -2.37. The quantitative estimate of drug-likeness (QED) is 0.447. The third-order valence-electron chi connectivity index (χ3n) is 2.64. The average Bonchev–Trinajstić information content (AvgIpc) is 2.00. The fourth-order valence-corrected chi connectivity index (χ4v) is 1.01. The molecular formula is C11H22O4. The molecule has 0 saturated heterocycles. The number of carbonyl (C=O) groups excluding carboxylic acids is 1. The smallest absolute Gasteiger partial charge is 0.309 e. The van der Waals surface area contributed by atoms with Crippen LogP contribution in [0.25, 0.3) is 0 Å². The highest BCUT2D eigenvalue weighted by Gasteiger charge is 2.42. The Morgan fingerprint density at radius 1 is 1.27 bits per heavy atom. The molecule has 0 heterocycles. The van der Waals surface area contributed by atoms with E-state index in [1.165, 1.54) is 0 Å². The minimum absolute atomic E-state index is 0.0329. The van der Waals surface area contributed by atoms with Crippen LogP contribution >= 0.6 is 0 Å². The van der Waals surface area contributed by atoms with E-state index in [0.29, 0.717) is 0 Å². The van der Waals surface area contributed by atoms with Crippen molar-refractivity contribution in [2.75, 3.05) is 0 Å². The van der Waals surface area contributed by atoms with E-state index in [4.69, 9.17) is 9.99 Å². The van der Waals surface area contributed by atoms with Crippen molar-refractivity contribution < 1.29 is 19.7 Å². The summed E-state index contributed by atoms with van der Waals surface area (Å²) in [6, 6.07) is 0. The van der Waals surface area contributed by atoms with Gasteiger partial charge < -0.3 is 4.74 Å². The van der Waals surface area contributed by atoms with E-state index in [2.05, 4.69) is 4.89 Å². The molecule has 0 bridgehead atoms. The maximum atomic E-state index is 11.5. The first-order valence-electron chi connectivity index (χ1n) is 5.14. The predicted octanol–water partition coefficient (Wildman–Crippen LogP) is 2.62. The van der Waals surface area contributed by atoms with Crippen molar-refractivity contribution >= 4 is 5.97 Å². The molecule has 0 saturated carbocycles. The van der Waals surface area contributed by atoms with Crippen LogP contribution in [0.2, 0.25) is 0 Å². The number of hydrogen-bond acceptors (Lipinski definition) is 4. The minimum Gasteiger partial charge on any atom is -0.463 e. The van der Waals surface area contributed by atoms with Crippen molar-refractivity contribution in [2.45, 2.75) is 59.7 Å². The van der Waals surface area contributed by atoms with Crippen LogP contribution in [0.4, 0.5) is 0 Å². The maximum Gasteiger partial charge on any atom is 0.309 e. The summed E-state index contributed by atoms with van der Waals surface area (Å²) in [4.78, 5) is 15.9. The summed E-state index contributed by atoms with van der Waals surface area (Å²) in [5.74, 6) is -0.364. The summed E-state index contributed by atoms with van der Waals surface area (Å²) >= 11 is 0. The Morgan fingerprint density at radius 3 is 2.00 bits per heavy atom. The highest BCUT2D eigenvalue weighted by atomic mass is 17.1. The Kier molecular flexibility index (Phi) is 4.74. The van der Waals surface area contributed by atoms with E-state index in [-0.39, 0.29) is 23.9 Å². The molecule has 0 radical (unpaired) electrons. The molecule has 15 heavy (non-hydrogen) atoms. The molecular weight excluding hydrogens is 196 g/mol. The molecule has 1 unspecified atom stereocenters. The molecule has 1 N–H and O–H groups in total. The lowest BCUT2D eigenvalue weighted by Crippen LogP contribution is -2.44. The second-order valence-electron chi connectivity index (χ2n) is 5.29. The largest absolute Gasteiger partial charge is 0.463 e. The van der Waals surface area contributed by atoms with Gasteiger partial charge in [0.15, 0.2) is 0 Å². The van der Waals surface area contributed by atoms with Gasteiger partial charge in [-0.3, -0.25) is 10.1 Å². The van der Waals surface area contributed by atoms with Crippen molar-refractivity contribution in [3.63, 3.8) is 0 Å². The standard InChI is InChI=1S/C11H22O4/c1-8(2)14-9(12)7-11(6,15-13)10(3,4)5/h8,13H,7H2,1-6H3. The molecule has 90 valence electrons. The van der Waals surface area contributed by atoms with Gasteiger partial charge in [-0.2, -0.15) is 0 Å². The highest BCUT2D eigenvalue weighted by molar-refractivity contribution is 5.71. The van der Waals surface area contributed by atoms with Gasteiger partial charge >= 0.3 is 5.97 Å².